The molecule has 0 unspecified atom stereocenters. The molecule has 34 heavy (non-hydrogen) atoms. The molecular weight excluding hydrogens is 430 g/mol. The van der Waals surface area contributed by atoms with Crippen molar-refractivity contribution in [2.75, 3.05) is 27.3 Å². The fourth-order valence-corrected chi connectivity index (χ4v) is 4.42. The molecule has 0 radical (unpaired) electrons. The molecule has 3 aromatic rings. The van der Waals surface area contributed by atoms with E-state index < -0.39 is 0 Å². The van der Waals surface area contributed by atoms with Crippen molar-refractivity contribution in [3.8, 4) is 11.5 Å². The van der Waals surface area contributed by atoms with E-state index in [1.807, 2.05) is 24.3 Å². The summed E-state index contributed by atoms with van der Waals surface area (Å²) in [5.41, 5.74) is 4.33. The van der Waals surface area contributed by atoms with Crippen LogP contribution in [0.25, 0.3) is 0 Å². The summed E-state index contributed by atoms with van der Waals surface area (Å²) in [5, 5.41) is 2.98. The van der Waals surface area contributed by atoms with E-state index >= 15 is 0 Å². The first-order valence-electron chi connectivity index (χ1n) is 11.5. The lowest BCUT2D eigenvalue weighted by molar-refractivity contribution is 0.0945. The number of para-hydroxylation sites is 1. The van der Waals surface area contributed by atoms with Crippen molar-refractivity contribution in [3.63, 3.8) is 0 Å². The molecule has 1 aliphatic heterocycles. The quantitative estimate of drug-likeness (QED) is 0.585. The maximum atomic E-state index is 13.3. The van der Waals surface area contributed by atoms with Crippen LogP contribution in [0.1, 0.15) is 32.7 Å². The van der Waals surface area contributed by atoms with Crippen LogP contribution in [-0.2, 0) is 26.1 Å². The van der Waals surface area contributed by atoms with E-state index in [4.69, 9.17) is 9.47 Å². The van der Waals surface area contributed by atoms with Crippen molar-refractivity contribution in [3.05, 3.63) is 92.9 Å². The van der Waals surface area contributed by atoms with Gasteiger partial charge in [0.1, 0.15) is 17.1 Å². The minimum atomic E-state index is -0.265. The van der Waals surface area contributed by atoms with E-state index in [1.165, 1.54) is 24.3 Å². The number of ether oxygens (including phenoxy) is 2. The van der Waals surface area contributed by atoms with Gasteiger partial charge in [-0.05, 0) is 18.6 Å². The number of nitrogens with zero attached hydrogens (tertiary/aromatic N) is 2. The van der Waals surface area contributed by atoms with Crippen LogP contribution in [0.4, 0.5) is 0 Å². The third-order valence-corrected chi connectivity index (χ3v) is 6.29. The Morgan fingerprint density at radius 2 is 1.71 bits per heavy atom. The zero-order valence-corrected chi connectivity index (χ0v) is 20.0. The van der Waals surface area contributed by atoms with Gasteiger partial charge < -0.3 is 19.4 Å². The van der Waals surface area contributed by atoms with E-state index in [2.05, 4.69) is 41.4 Å². The highest BCUT2D eigenvalue weighted by molar-refractivity contribution is 5.98. The summed E-state index contributed by atoms with van der Waals surface area (Å²) in [6, 6.07) is 17.5. The second-order valence-corrected chi connectivity index (χ2v) is 8.53. The summed E-state index contributed by atoms with van der Waals surface area (Å²) in [5.74, 6) is 0.754. The molecule has 4 rings (SSSR count). The van der Waals surface area contributed by atoms with Gasteiger partial charge in [0.15, 0.2) is 0 Å². The molecule has 0 atom stereocenters. The van der Waals surface area contributed by atoms with Crippen LogP contribution in [-0.4, -0.2) is 42.7 Å². The summed E-state index contributed by atoms with van der Waals surface area (Å²) < 4.78 is 12.6. The largest absolute Gasteiger partial charge is 0.496 e. The maximum absolute atomic E-state index is 13.3. The Morgan fingerprint density at radius 1 is 0.971 bits per heavy atom. The number of benzene rings is 2. The molecule has 1 aromatic heterocycles. The lowest BCUT2D eigenvalue weighted by Gasteiger charge is -2.19. The molecule has 0 fully saturated rings. The number of pyridine rings is 1. The molecular formula is C27H31N3O4. The van der Waals surface area contributed by atoms with E-state index in [0.29, 0.717) is 42.3 Å². The van der Waals surface area contributed by atoms with Crippen molar-refractivity contribution >= 4 is 5.91 Å². The predicted molar refractivity (Wildman–Crippen MR) is 132 cm³/mol. The monoisotopic (exact) mass is 461 g/mol. The van der Waals surface area contributed by atoms with E-state index in [0.717, 1.165) is 25.2 Å². The first-order valence-corrected chi connectivity index (χ1v) is 11.5. The second kappa shape index (κ2) is 10.6. The lowest BCUT2D eigenvalue weighted by Crippen LogP contribution is -2.31. The molecule has 0 saturated heterocycles. The summed E-state index contributed by atoms with van der Waals surface area (Å²) in [6.45, 7) is 5.19. The van der Waals surface area contributed by atoms with Crippen LogP contribution in [0.3, 0.4) is 0 Å². The highest BCUT2D eigenvalue weighted by Gasteiger charge is 2.25. The predicted octanol–water partition coefficient (Wildman–Crippen LogP) is 3.16. The van der Waals surface area contributed by atoms with Gasteiger partial charge in [-0.25, -0.2) is 0 Å². The van der Waals surface area contributed by atoms with Crippen LogP contribution in [0, 0.1) is 6.92 Å². The molecule has 1 N–H and O–H groups in total. The SMILES string of the molecule is COc1ccccc1CNC(=O)c1c(OC)cc(=O)n2c1CCN(Cc1ccc(C)cc1)CC2. The molecule has 7 nitrogen and oxygen atoms in total. The van der Waals surface area contributed by atoms with Gasteiger partial charge in [0.25, 0.3) is 11.5 Å². The summed E-state index contributed by atoms with van der Waals surface area (Å²) in [6.07, 6.45) is 0.579. The first kappa shape index (κ1) is 23.6. The van der Waals surface area contributed by atoms with Gasteiger partial charge in [-0.3, -0.25) is 14.5 Å². The number of hydrogen-bond acceptors (Lipinski definition) is 5. The Balaban J connectivity index is 1.57. The zero-order chi connectivity index (χ0) is 24.1. The Kier molecular flexibility index (Phi) is 7.33. The number of methoxy groups -OCH3 is 2. The lowest BCUT2D eigenvalue weighted by atomic mass is 10.1. The normalized spacial score (nSPS) is 13.6. The molecule has 178 valence electrons. The Labute approximate surface area is 199 Å². The standard InChI is InChI=1S/C27H31N3O4/c1-19-8-10-20(11-9-19)18-29-13-12-22-26(24(34-3)16-25(31)30(22)15-14-29)27(32)28-17-21-6-4-5-7-23(21)33-2/h4-11,16H,12-15,17-18H2,1-3H3,(H,28,32). The molecule has 7 heteroatoms. The number of amides is 1. The first-order chi connectivity index (χ1) is 16.5. The van der Waals surface area contributed by atoms with Gasteiger partial charge in [0, 0.05) is 56.5 Å². The van der Waals surface area contributed by atoms with Gasteiger partial charge in [0.2, 0.25) is 0 Å². The van der Waals surface area contributed by atoms with Gasteiger partial charge in [-0.15, -0.1) is 0 Å². The van der Waals surface area contributed by atoms with Gasteiger partial charge in [-0.2, -0.15) is 0 Å². The van der Waals surface area contributed by atoms with Gasteiger partial charge in [0.05, 0.1) is 14.2 Å². The number of aryl methyl sites for hydroxylation is 1. The highest BCUT2D eigenvalue weighted by Crippen LogP contribution is 2.24. The van der Waals surface area contributed by atoms with Gasteiger partial charge in [-0.1, -0.05) is 48.0 Å². The highest BCUT2D eigenvalue weighted by atomic mass is 16.5. The number of carbonyl (C=O) groups excluding carboxylic acids is 1. The van der Waals surface area contributed by atoms with Crippen molar-refractivity contribution in [2.45, 2.75) is 33.0 Å². The van der Waals surface area contributed by atoms with E-state index in [1.54, 1.807) is 11.7 Å². The van der Waals surface area contributed by atoms with Crippen molar-refractivity contribution < 1.29 is 14.3 Å². The summed E-state index contributed by atoms with van der Waals surface area (Å²) in [4.78, 5) is 28.5. The zero-order valence-electron chi connectivity index (χ0n) is 20.0. The number of nitrogens with one attached hydrogen (secondary N) is 1. The van der Waals surface area contributed by atoms with Crippen molar-refractivity contribution in [2.24, 2.45) is 0 Å². The molecule has 0 saturated carbocycles. The molecule has 2 heterocycles. The maximum Gasteiger partial charge on any atom is 0.257 e. The molecule has 0 aliphatic carbocycles. The van der Waals surface area contributed by atoms with Crippen molar-refractivity contribution in [1.82, 2.24) is 14.8 Å². The molecule has 1 amide bonds. The minimum Gasteiger partial charge on any atom is -0.496 e. The third-order valence-electron chi connectivity index (χ3n) is 6.29. The molecule has 0 spiro atoms. The van der Waals surface area contributed by atoms with E-state index in [9.17, 15) is 9.59 Å². The van der Waals surface area contributed by atoms with Crippen LogP contribution in [0.15, 0.2) is 59.4 Å². The molecule has 1 aliphatic rings. The summed E-state index contributed by atoms with van der Waals surface area (Å²) in [7, 11) is 3.10. The van der Waals surface area contributed by atoms with Gasteiger partial charge >= 0.3 is 0 Å². The van der Waals surface area contributed by atoms with Crippen LogP contribution in [0.2, 0.25) is 0 Å². The smallest absolute Gasteiger partial charge is 0.257 e. The fraction of sp³-hybridized carbons (Fsp3) is 0.333. The number of hydrogen-bond donors (Lipinski definition) is 1. The molecule has 0 bridgehead atoms. The summed E-state index contributed by atoms with van der Waals surface area (Å²) >= 11 is 0. The number of rotatable bonds is 7. The number of carbonyl (C=O) groups is 1. The average Bonchev–Trinajstić information content (AvgIpc) is 3.07. The van der Waals surface area contributed by atoms with Crippen molar-refractivity contribution in [1.29, 1.82) is 0 Å². The Morgan fingerprint density at radius 3 is 2.44 bits per heavy atom. The number of fused-ring (bicyclic) bond motifs is 1. The topological polar surface area (TPSA) is 72.8 Å². The van der Waals surface area contributed by atoms with Crippen LogP contribution < -0.4 is 20.3 Å². The fourth-order valence-electron chi connectivity index (χ4n) is 4.42. The minimum absolute atomic E-state index is 0.148. The second-order valence-electron chi connectivity index (χ2n) is 8.53. The Hall–Kier alpha value is -3.58. The number of aromatic nitrogens is 1. The van der Waals surface area contributed by atoms with Crippen LogP contribution >= 0.6 is 0 Å². The third kappa shape index (κ3) is 5.15. The average molecular weight is 462 g/mol. The Bertz CT molecular complexity index is 1220. The van der Waals surface area contributed by atoms with E-state index in [-0.39, 0.29) is 11.5 Å². The van der Waals surface area contributed by atoms with Crippen LogP contribution in [0.5, 0.6) is 11.5 Å². The molecule has 2 aromatic carbocycles.